The van der Waals surface area contributed by atoms with Crippen molar-refractivity contribution in [2.45, 2.75) is 101 Å². The Hall–Kier alpha value is -2.92. The summed E-state index contributed by atoms with van der Waals surface area (Å²) in [5.41, 5.74) is -0.100. The number of carboxylic acids is 1. The monoisotopic (exact) mass is 667 g/mol. The predicted molar refractivity (Wildman–Crippen MR) is 177 cm³/mol. The van der Waals surface area contributed by atoms with Gasteiger partial charge in [0.15, 0.2) is 11.5 Å². The van der Waals surface area contributed by atoms with Crippen LogP contribution in [-0.4, -0.2) is 75.7 Å². The van der Waals surface area contributed by atoms with Gasteiger partial charge >= 0.3 is 12.1 Å². The smallest absolute Gasteiger partial charge is 0.418 e. The standard InChI is InChI=1S/C36H45N3O7.ClH/c1-32(2,3)33(4,43)24-17-34-12-13-36(24,44-5)30-35(34)14-15-39(19-20-6-7-20)25(34)16-21-8-10-23(28(46-30)27(21)35)45-31(42)38-26-11-9-22(18-37-26)29(40)41;/h8-11,18,20,24-25,30,43H,6-7,12-17,19H2,1-5H3,(H,40,41)(H,37,38,42);1H/t24-,25-,30-,33+,34?,35?,36-;/m1./s1. The zero-order chi connectivity index (χ0) is 32.4. The molecule has 11 heteroatoms. The molecular weight excluding hydrogens is 622 g/mol. The first-order valence-corrected chi connectivity index (χ1v) is 16.8. The maximum absolute atomic E-state index is 13.2. The number of aromatic carboxylic acids is 1. The van der Waals surface area contributed by atoms with Crippen LogP contribution in [0.5, 0.6) is 11.5 Å². The molecule has 4 saturated carbocycles. The number of carbonyl (C=O) groups excluding carboxylic acids is 1. The molecule has 4 bridgehead atoms. The SMILES string of the molecule is CO[C@]12CCC3(C[C@@H]1[C@](C)(O)C(C)(C)C)[C@H]1Cc4ccc(OC(=O)Nc5ccc(C(=O)O)cn5)c5c4C3(CCN1CC1CC1)[C@H]2O5.Cl. The average molecular weight is 668 g/mol. The number of aromatic nitrogens is 1. The number of piperidine rings is 1. The molecule has 1 aromatic carbocycles. The van der Waals surface area contributed by atoms with E-state index in [1.165, 1.54) is 42.3 Å². The minimum atomic E-state index is -1.09. The highest BCUT2D eigenvalue weighted by Gasteiger charge is 2.82. The third-order valence-electron chi connectivity index (χ3n) is 13.3. The van der Waals surface area contributed by atoms with Gasteiger partial charge in [0.05, 0.1) is 11.2 Å². The normalized spacial score (nSPS) is 34.4. The molecule has 5 aliphatic carbocycles. The number of methoxy groups -OCH3 is 1. The zero-order valence-corrected chi connectivity index (χ0v) is 28.6. The van der Waals surface area contributed by atoms with Crippen molar-refractivity contribution in [3.63, 3.8) is 0 Å². The number of amides is 1. The minimum absolute atomic E-state index is 0. The van der Waals surface area contributed by atoms with Crippen LogP contribution >= 0.6 is 12.4 Å². The van der Waals surface area contributed by atoms with Crippen molar-refractivity contribution in [2.24, 2.45) is 22.7 Å². The highest BCUT2D eigenvalue weighted by molar-refractivity contribution is 5.89. The van der Waals surface area contributed by atoms with Gasteiger partial charge in [-0.15, -0.1) is 12.4 Å². The summed E-state index contributed by atoms with van der Waals surface area (Å²) in [7, 11) is 1.78. The number of hydrogen-bond acceptors (Lipinski definition) is 8. The number of halogens is 1. The maximum atomic E-state index is 13.2. The number of carbonyl (C=O) groups is 2. The van der Waals surface area contributed by atoms with Crippen molar-refractivity contribution in [1.82, 2.24) is 9.88 Å². The molecular formula is C36H46ClN3O7. The Bertz CT molecular complexity index is 1620. The topological polar surface area (TPSA) is 130 Å². The predicted octanol–water partition coefficient (Wildman–Crippen LogP) is 5.83. The summed E-state index contributed by atoms with van der Waals surface area (Å²) < 4.78 is 19.8. The number of rotatable bonds is 7. The summed E-state index contributed by atoms with van der Waals surface area (Å²) in [4.78, 5) is 31.2. The van der Waals surface area contributed by atoms with Crippen molar-refractivity contribution >= 4 is 30.3 Å². The molecule has 3 N–H and O–H groups in total. The van der Waals surface area contributed by atoms with E-state index >= 15 is 0 Å². The van der Waals surface area contributed by atoms with Crippen molar-refractivity contribution in [2.75, 3.05) is 25.5 Å². The van der Waals surface area contributed by atoms with E-state index in [0.29, 0.717) is 17.5 Å². The van der Waals surface area contributed by atoms with Crippen molar-refractivity contribution in [3.8, 4) is 11.5 Å². The van der Waals surface area contributed by atoms with Crippen LogP contribution in [0.15, 0.2) is 30.5 Å². The van der Waals surface area contributed by atoms with Crippen molar-refractivity contribution < 1.29 is 34.0 Å². The fourth-order valence-corrected chi connectivity index (χ4v) is 10.5. The van der Waals surface area contributed by atoms with Gasteiger partial charge in [0.25, 0.3) is 0 Å². The fourth-order valence-electron chi connectivity index (χ4n) is 10.5. The Morgan fingerprint density at radius 3 is 2.53 bits per heavy atom. The molecule has 5 fully saturated rings. The molecule has 1 aromatic heterocycles. The number of nitrogens with zero attached hydrogens (tertiary/aromatic N) is 2. The largest absolute Gasteiger partial charge is 0.482 e. The second-order valence-corrected chi connectivity index (χ2v) is 16.0. The summed E-state index contributed by atoms with van der Waals surface area (Å²) in [6.45, 7) is 10.5. The highest BCUT2D eigenvalue weighted by atomic mass is 35.5. The second-order valence-electron chi connectivity index (χ2n) is 16.0. The molecule has 0 radical (unpaired) electrons. The summed E-state index contributed by atoms with van der Waals surface area (Å²) in [5, 5.41) is 24.2. The van der Waals surface area contributed by atoms with Crippen LogP contribution in [0.1, 0.15) is 87.7 Å². The Morgan fingerprint density at radius 2 is 1.89 bits per heavy atom. The van der Waals surface area contributed by atoms with Crippen LogP contribution in [-0.2, 0) is 16.6 Å². The van der Waals surface area contributed by atoms with Gasteiger partial charge in [-0.05, 0) is 93.5 Å². The lowest BCUT2D eigenvalue weighted by molar-refractivity contribution is -0.312. The molecule has 2 spiro atoms. The summed E-state index contributed by atoms with van der Waals surface area (Å²) in [6.07, 6.45) is 7.26. The van der Waals surface area contributed by atoms with Crippen LogP contribution in [0.25, 0.3) is 0 Å². The number of pyridine rings is 1. The second kappa shape index (κ2) is 10.5. The van der Waals surface area contributed by atoms with E-state index in [1.54, 1.807) is 7.11 Å². The lowest BCUT2D eigenvalue weighted by atomic mass is 9.33. The third kappa shape index (κ3) is 4.30. The number of carboxylic acid groups (broad SMARTS) is 1. The zero-order valence-electron chi connectivity index (χ0n) is 27.8. The van der Waals surface area contributed by atoms with Crippen LogP contribution in [0, 0.1) is 22.7 Å². The summed E-state index contributed by atoms with van der Waals surface area (Å²) in [6, 6.07) is 7.10. The average Bonchev–Trinajstić information content (AvgIpc) is 3.75. The van der Waals surface area contributed by atoms with Gasteiger partial charge in [-0.3, -0.25) is 10.2 Å². The van der Waals surface area contributed by atoms with Crippen molar-refractivity contribution in [3.05, 3.63) is 47.2 Å². The van der Waals surface area contributed by atoms with Gasteiger partial charge in [0, 0.05) is 48.2 Å². The molecule has 2 unspecified atom stereocenters. The Morgan fingerprint density at radius 1 is 1.13 bits per heavy atom. The Balaban J connectivity index is 0.00000351. The first kappa shape index (κ1) is 32.6. The molecule has 9 rings (SSSR count). The van der Waals surface area contributed by atoms with E-state index in [1.807, 2.05) is 13.0 Å². The molecule has 7 atom stereocenters. The Kier molecular flexibility index (Phi) is 7.31. The van der Waals surface area contributed by atoms with Gasteiger partial charge < -0.3 is 24.4 Å². The van der Waals surface area contributed by atoms with Gasteiger partial charge in [-0.25, -0.2) is 14.6 Å². The number of likely N-dealkylation sites (tertiary alicyclic amines) is 1. The first-order valence-electron chi connectivity index (χ1n) is 16.8. The molecule has 1 amide bonds. The van der Waals surface area contributed by atoms with Gasteiger partial charge in [-0.1, -0.05) is 26.8 Å². The minimum Gasteiger partial charge on any atom is -0.482 e. The number of aliphatic hydroxyl groups is 1. The summed E-state index contributed by atoms with van der Waals surface area (Å²) >= 11 is 0. The molecule has 2 aromatic rings. The van der Waals surface area contributed by atoms with Gasteiger partial charge in [0.1, 0.15) is 17.5 Å². The van der Waals surface area contributed by atoms with E-state index in [-0.39, 0.29) is 52.1 Å². The van der Waals surface area contributed by atoms with E-state index < -0.39 is 23.3 Å². The maximum Gasteiger partial charge on any atom is 0.418 e. The molecule has 10 nitrogen and oxygen atoms in total. The van der Waals surface area contributed by atoms with Crippen LogP contribution < -0.4 is 14.8 Å². The van der Waals surface area contributed by atoms with Gasteiger partial charge in [-0.2, -0.15) is 0 Å². The van der Waals surface area contributed by atoms with Crippen LogP contribution in [0.2, 0.25) is 0 Å². The van der Waals surface area contributed by atoms with Gasteiger partial charge in [0.2, 0.25) is 0 Å². The van der Waals surface area contributed by atoms with Crippen LogP contribution in [0.4, 0.5) is 10.6 Å². The van der Waals surface area contributed by atoms with Crippen molar-refractivity contribution in [1.29, 1.82) is 0 Å². The van der Waals surface area contributed by atoms with Crippen LogP contribution in [0.3, 0.4) is 0 Å². The number of nitrogens with one attached hydrogen (secondary N) is 1. The quantitative estimate of drug-likeness (QED) is 0.334. The van der Waals surface area contributed by atoms with E-state index in [9.17, 15) is 19.8 Å². The molecule has 7 aliphatic rings. The van der Waals surface area contributed by atoms with E-state index in [4.69, 9.17) is 14.2 Å². The lowest BCUT2D eigenvalue weighted by Gasteiger charge is -2.75. The highest BCUT2D eigenvalue weighted by Crippen LogP contribution is 2.78. The van der Waals surface area contributed by atoms with E-state index in [2.05, 4.69) is 42.0 Å². The first-order chi connectivity index (χ1) is 21.8. The van der Waals surface area contributed by atoms with E-state index in [0.717, 1.165) is 51.1 Å². The summed E-state index contributed by atoms with van der Waals surface area (Å²) in [5.74, 6) is 0.685. The molecule has 254 valence electrons. The molecule has 1 saturated heterocycles. The number of benzene rings is 1. The number of anilines is 1. The molecule has 47 heavy (non-hydrogen) atoms. The lowest BCUT2D eigenvalue weighted by Crippen LogP contribution is -2.83. The molecule has 3 heterocycles. The number of hydrogen-bond donors (Lipinski definition) is 3. The number of fused-ring (bicyclic) bond motifs is 2. The number of ether oxygens (including phenoxy) is 3. The fraction of sp³-hybridized carbons (Fsp3) is 0.639. The molecule has 2 aliphatic heterocycles. The third-order valence-corrected chi connectivity index (χ3v) is 13.3. The Labute approximate surface area is 282 Å².